The van der Waals surface area contributed by atoms with E-state index >= 15 is 0 Å². The molecule has 0 aliphatic heterocycles. The average molecular weight is 597 g/mol. The third-order valence-electron chi connectivity index (χ3n) is 3.75. The van der Waals surface area contributed by atoms with Crippen molar-refractivity contribution >= 4 is 5.97 Å². The summed E-state index contributed by atoms with van der Waals surface area (Å²) in [4.78, 5) is 10.4. The summed E-state index contributed by atoms with van der Waals surface area (Å²) < 4.78 is 0. The maximum atomic E-state index is 10.4. The Bertz CT molecular complexity index is 542. The predicted molar refractivity (Wildman–Crippen MR) is 122 cm³/mol. The number of hydrogen-bond acceptors (Lipinski definition) is 4. The third-order valence-corrected chi connectivity index (χ3v) is 3.75. The normalized spacial score (nSPS) is 14.5. The van der Waals surface area contributed by atoms with E-state index in [4.69, 9.17) is 5.11 Å². The Morgan fingerprint density at radius 2 is 1.70 bits per heavy atom. The summed E-state index contributed by atoms with van der Waals surface area (Å²) >= 11 is 0. The van der Waals surface area contributed by atoms with Crippen LogP contribution < -0.4 is 0 Å². The molecule has 0 aromatic heterocycles. The van der Waals surface area contributed by atoms with Crippen LogP contribution in [0.25, 0.3) is 0 Å². The van der Waals surface area contributed by atoms with Crippen LogP contribution in [0.3, 0.4) is 0 Å². The molecule has 5 nitrogen and oxygen atoms in total. The van der Waals surface area contributed by atoms with Crippen molar-refractivity contribution in [1.29, 1.82) is 0 Å². The number of carboxylic acids is 1. The first kappa shape index (κ1) is 36.2. The fourth-order valence-corrected chi connectivity index (χ4v) is 2.12. The van der Waals surface area contributed by atoms with Crippen LogP contribution in [0.2, 0.25) is 0 Å². The minimum atomic E-state index is -1.03. The second-order valence-corrected chi connectivity index (χ2v) is 6.57. The summed E-state index contributed by atoms with van der Waals surface area (Å²) in [5.41, 5.74) is -0.739. The van der Waals surface area contributed by atoms with Gasteiger partial charge in [-0.25, -0.2) is 0 Å². The van der Waals surface area contributed by atoms with Gasteiger partial charge in [-0.2, -0.15) is 0 Å². The Morgan fingerprint density at radius 1 is 1.10 bits per heavy atom. The zero-order valence-corrected chi connectivity index (χ0v) is 20.9. The molecular weight excluding hydrogens is 554 g/mol. The summed E-state index contributed by atoms with van der Waals surface area (Å²) in [6.45, 7) is 7.89. The van der Waals surface area contributed by atoms with E-state index in [2.05, 4.69) is 18.8 Å². The second-order valence-electron chi connectivity index (χ2n) is 6.57. The molecule has 0 aliphatic carbocycles. The fourth-order valence-electron chi connectivity index (χ4n) is 2.12. The van der Waals surface area contributed by atoms with Gasteiger partial charge in [0.25, 0.3) is 0 Å². The van der Waals surface area contributed by atoms with Crippen LogP contribution in [0.4, 0.5) is 0 Å². The van der Waals surface area contributed by atoms with E-state index in [9.17, 15) is 20.1 Å². The number of aliphatic hydroxyl groups is 3. The van der Waals surface area contributed by atoms with E-state index < -0.39 is 23.8 Å². The van der Waals surface area contributed by atoms with E-state index in [1.54, 1.807) is 37.3 Å². The van der Waals surface area contributed by atoms with Crippen LogP contribution in [0, 0.1) is 11.8 Å². The quantitative estimate of drug-likeness (QED) is 0.195. The smallest absolute Gasteiger partial charge is 0.303 e. The van der Waals surface area contributed by atoms with E-state index in [0.717, 1.165) is 19.3 Å². The van der Waals surface area contributed by atoms with Crippen molar-refractivity contribution in [3.8, 4) is 11.8 Å². The third kappa shape index (κ3) is 24.8. The fraction of sp³-hybridized carbons (Fsp3) is 0.625. The second kappa shape index (κ2) is 24.1. The molecule has 0 amide bonds. The Labute approximate surface area is 197 Å². The minimum absolute atomic E-state index is 0. The molecule has 3 atom stereocenters. The molecule has 0 heterocycles. The molecule has 0 spiro atoms. The SMILES string of the molecule is C.CC.CCCCC(C)(O)CC#C\C=C/C=C/C=C/[C@@H](O)[C@@H](O)CCCC(=O)O.[Re]. The largest absolute Gasteiger partial charge is 0.481 e. The van der Waals surface area contributed by atoms with Crippen LogP contribution in [-0.4, -0.2) is 44.2 Å². The van der Waals surface area contributed by atoms with Gasteiger partial charge in [0.05, 0.1) is 17.8 Å². The van der Waals surface area contributed by atoms with Gasteiger partial charge in [0, 0.05) is 33.3 Å². The van der Waals surface area contributed by atoms with E-state index in [0.29, 0.717) is 12.8 Å². The van der Waals surface area contributed by atoms with E-state index in [1.807, 2.05) is 13.8 Å². The number of aliphatic hydroxyl groups excluding tert-OH is 2. The summed E-state index contributed by atoms with van der Waals surface area (Å²) in [6, 6.07) is 0. The van der Waals surface area contributed by atoms with Crippen molar-refractivity contribution in [3.05, 3.63) is 36.5 Å². The van der Waals surface area contributed by atoms with Gasteiger partial charge in [0.15, 0.2) is 0 Å². The van der Waals surface area contributed by atoms with Crippen molar-refractivity contribution < 1.29 is 45.6 Å². The van der Waals surface area contributed by atoms with Crippen molar-refractivity contribution in [1.82, 2.24) is 0 Å². The predicted octanol–water partition coefficient (Wildman–Crippen LogP) is 4.63. The van der Waals surface area contributed by atoms with Gasteiger partial charge in [-0.05, 0) is 32.3 Å². The molecule has 0 aliphatic rings. The van der Waals surface area contributed by atoms with E-state index in [1.165, 1.54) is 6.08 Å². The molecule has 0 saturated carbocycles. The van der Waals surface area contributed by atoms with Gasteiger partial charge in [-0.1, -0.05) is 83.3 Å². The summed E-state index contributed by atoms with van der Waals surface area (Å²) in [6.07, 6.45) is 11.7. The molecule has 0 saturated heterocycles. The Morgan fingerprint density at radius 3 is 2.27 bits per heavy atom. The molecule has 0 aromatic rings. The standard InChI is InChI=1S/C21H32O5.C2H6.CH4.Re/c1-3-4-16-21(2,26)17-11-9-7-5-6-8-10-13-18(22)19(23)14-12-15-20(24)25;1-2;;/h5-8,10,13,18-19,22-23,26H,3-4,12,14-17H2,1-2H3,(H,24,25);1-2H3;1H4;/b7-5-,8-6+,13-10+;;;/t18-,19+,21?;;;/m1.../s1. The average Bonchev–Trinajstić information content (AvgIpc) is 2.66. The number of unbranched alkanes of at least 4 members (excludes halogenated alkanes) is 1. The molecule has 0 aromatic carbocycles. The number of allylic oxidation sites excluding steroid dienone is 5. The summed E-state index contributed by atoms with van der Waals surface area (Å²) in [7, 11) is 0. The first-order valence-corrected chi connectivity index (χ1v) is 10.1. The van der Waals surface area contributed by atoms with Crippen molar-refractivity contribution in [2.75, 3.05) is 0 Å². The van der Waals surface area contributed by atoms with Gasteiger partial charge in [0.2, 0.25) is 0 Å². The first-order valence-electron chi connectivity index (χ1n) is 10.1. The van der Waals surface area contributed by atoms with Crippen LogP contribution >= 0.6 is 0 Å². The van der Waals surface area contributed by atoms with E-state index in [-0.39, 0.29) is 40.7 Å². The molecule has 0 rings (SSSR count). The first-order chi connectivity index (χ1) is 13.3. The van der Waals surface area contributed by atoms with Crippen molar-refractivity contribution in [2.24, 2.45) is 0 Å². The van der Waals surface area contributed by atoms with Gasteiger partial charge >= 0.3 is 5.97 Å². The molecule has 1 unspecified atom stereocenters. The van der Waals surface area contributed by atoms with Gasteiger partial charge in [-0.15, -0.1) is 0 Å². The molecule has 0 bridgehead atoms. The van der Waals surface area contributed by atoms with Crippen molar-refractivity contribution in [2.45, 2.75) is 97.9 Å². The van der Waals surface area contributed by atoms with Gasteiger partial charge in [0.1, 0.15) is 0 Å². The molecule has 175 valence electrons. The molecular formula is C24H42O5Re. The summed E-state index contributed by atoms with van der Waals surface area (Å²) in [5.74, 6) is 4.89. The summed E-state index contributed by atoms with van der Waals surface area (Å²) in [5, 5.41) is 38.0. The molecule has 30 heavy (non-hydrogen) atoms. The monoisotopic (exact) mass is 597 g/mol. The van der Waals surface area contributed by atoms with Gasteiger partial charge < -0.3 is 20.4 Å². The number of carboxylic acid groups (broad SMARTS) is 1. The number of carbonyl (C=O) groups is 1. The molecule has 6 heteroatoms. The van der Waals surface area contributed by atoms with Crippen LogP contribution in [0.15, 0.2) is 36.5 Å². The topological polar surface area (TPSA) is 98.0 Å². The van der Waals surface area contributed by atoms with Crippen LogP contribution in [0.1, 0.15) is 80.1 Å². The van der Waals surface area contributed by atoms with Gasteiger partial charge in [-0.3, -0.25) is 4.79 Å². The molecule has 0 fully saturated rings. The van der Waals surface area contributed by atoms with Crippen LogP contribution in [-0.2, 0) is 25.2 Å². The molecule has 1 radical (unpaired) electrons. The number of rotatable bonds is 12. The minimum Gasteiger partial charge on any atom is -0.481 e. The number of hydrogen-bond donors (Lipinski definition) is 4. The Balaban J connectivity index is -0.000000817. The van der Waals surface area contributed by atoms with Crippen LogP contribution in [0.5, 0.6) is 0 Å². The Kier molecular flexibility index (Phi) is 29.0. The molecule has 4 N–H and O–H groups in total. The number of aliphatic carboxylic acids is 1. The van der Waals surface area contributed by atoms with Crippen molar-refractivity contribution in [3.63, 3.8) is 0 Å². The Hall–Kier alpha value is -1.21. The maximum Gasteiger partial charge on any atom is 0.303 e. The zero-order valence-electron chi connectivity index (χ0n) is 18.1. The zero-order chi connectivity index (χ0) is 21.8. The maximum absolute atomic E-state index is 10.4.